The first kappa shape index (κ1) is 19.9. The smallest absolute Gasteiger partial charge is 0.316 e. The van der Waals surface area contributed by atoms with Crippen LogP contribution in [-0.2, 0) is 15.6 Å². The first-order valence-corrected chi connectivity index (χ1v) is 11.3. The summed E-state index contributed by atoms with van der Waals surface area (Å²) in [5, 5.41) is 0. The van der Waals surface area contributed by atoms with Gasteiger partial charge in [0.25, 0.3) is 0 Å². The lowest BCUT2D eigenvalue weighted by Crippen LogP contribution is -2.39. The highest BCUT2D eigenvalue weighted by molar-refractivity contribution is 7.88. The predicted octanol–water partition coefficient (Wildman–Crippen LogP) is 2.84. The number of nitrogens with zero attached hydrogens (tertiary/aromatic N) is 3. The van der Waals surface area contributed by atoms with E-state index in [1.165, 1.54) is 6.26 Å². The Bertz CT molecular complexity index is 801. The van der Waals surface area contributed by atoms with Crippen molar-refractivity contribution in [2.45, 2.75) is 31.7 Å². The molecule has 2 aliphatic heterocycles. The van der Waals surface area contributed by atoms with Crippen LogP contribution in [0.5, 0.6) is 0 Å². The molecule has 0 saturated carbocycles. The van der Waals surface area contributed by atoms with Crippen LogP contribution in [-0.4, -0.2) is 61.5 Å². The number of rotatable bonds is 5. The summed E-state index contributed by atoms with van der Waals surface area (Å²) in [5.74, 6) is 0.468. The Kier molecular flexibility index (Phi) is 5.63. The predicted molar refractivity (Wildman–Crippen MR) is 107 cm³/mol. The number of allylic oxidation sites excluding steroid dienone is 1. The third kappa shape index (κ3) is 4.19. The number of benzene rings is 1. The lowest BCUT2D eigenvalue weighted by Gasteiger charge is -2.30. The van der Waals surface area contributed by atoms with Gasteiger partial charge in [0.05, 0.1) is 18.3 Å². The van der Waals surface area contributed by atoms with E-state index in [0.717, 1.165) is 24.8 Å². The molecule has 1 aromatic rings. The first-order valence-electron chi connectivity index (χ1n) is 9.43. The lowest BCUT2D eigenvalue weighted by atomic mass is 9.92. The second-order valence-electron chi connectivity index (χ2n) is 7.84. The van der Waals surface area contributed by atoms with Crippen LogP contribution >= 0.6 is 0 Å². The molecule has 3 rings (SSSR count). The van der Waals surface area contributed by atoms with Crippen LogP contribution in [0, 0.1) is 5.92 Å². The number of hydrogen-bond acceptors (Lipinski definition) is 3. The van der Waals surface area contributed by atoms with Crippen LogP contribution < -0.4 is 0 Å². The van der Waals surface area contributed by atoms with Crippen molar-refractivity contribution in [3.63, 3.8) is 0 Å². The fourth-order valence-corrected chi connectivity index (χ4v) is 4.84. The summed E-state index contributed by atoms with van der Waals surface area (Å²) < 4.78 is 24.7. The number of carbonyl (C=O) groups excluding carboxylic acids is 1. The van der Waals surface area contributed by atoms with Gasteiger partial charge in [0.15, 0.2) is 0 Å². The molecule has 1 atom stereocenters. The monoisotopic (exact) mass is 391 g/mol. The highest BCUT2D eigenvalue weighted by Gasteiger charge is 2.44. The molecule has 6 nitrogen and oxygen atoms in total. The zero-order valence-electron chi connectivity index (χ0n) is 16.3. The summed E-state index contributed by atoms with van der Waals surface area (Å²) in [6.07, 6.45) is 7.83. The second kappa shape index (κ2) is 7.64. The van der Waals surface area contributed by atoms with Gasteiger partial charge in [0.1, 0.15) is 0 Å². The van der Waals surface area contributed by atoms with Crippen LogP contribution in [0.15, 0.2) is 42.6 Å². The zero-order valence-corrected chi connectivity index (χ0v) is 17.2. The topological polar surface area (TPSA) is 60.9 Å². The maximum atomic E-state index is 12.7. The Hall–Kier alpha value is -1.86. The van der Waals surface area contributed by atoms with Gasteiger partial charge < -0.3 is 4.90 Å². The van der Waals surface area contributed by atoms with E-state index < -0.39 is 10.0 Å². The van der Waals surface area contributed by atoms with Crippen molar-refractivity contribution in [1.82, 2.24) is 14.1 Å². The molecular formula is C20H29N3O3S. The Balaban J connectivity index is 1.58. The molecule has 1 aromatic carbocycles. The highest BCUT2D eigenvalue weighted by Crippen LogP contribution is 2.34. The van der Waals surface area contributed by atoms with Crippen LogP contribution in [0.1, 0.15) is 31.7 Å². The van der Waals surface area contributed by atoms with Gasteiger partial charge in [-0.2, -0.15) is 0 Å². The molecule has 0 spiro atoms. The Morgan fingerprint density at radius 2 is 1.81 bits per heavy atom. The van der Waals surface area contributed by atoms with Gasteiger partial charge in [-0.3, -0.25) is 4.90 Å². The number of piperidine rings is 1. The van der Waals surface area contributed by atoms with E-state index >= 15 is 0 Å². The van der Waals surface area contributed by atoms with E-state index in [2.05, 4.69) is 25.1 Å². The van der Waals surface area contributed by atoms with Gasteiger partial charge in [0.2, 0.25) is 10.0 Å². The summed E-state index contributed by atoms with van der Waals surface area (Å²) in [5.41, 5.74) is 0.786. The Morgan fingerprint density at radius 1 is 1.19 bits per heavy atom. The van der Waals surface area contributed by atoms with Crippen molar-refractivity contribution in [3.05, 3.63) is 48.2 Å². The maximum Gasteiger partial charge on any atom is 0.324 e. The van der Waals surface area contributed by atoms with E-state index in [0.29, 0.717) is 25.6 Å². The van der Waals surface area contributed by atoms with Crippen molar-refractivity contribution < 1.29 is 13.2 Å². The summed E-state index contributed by atoms with van der Waals surface area (Å²) in [6.45, 7) is 3.90. The number of urea groups is 1. The normalized spacial score (nSPS) is 25.7. The minimum atomic E-state index is -3.08. The van der Waals surface area contributed by atoms with Gasteiger partial charge >= 0.3 is 6.03 Å². The van der Waals surface area contributed by atoms with Crippen LogP contribution in [0.4, 0.5) is 4.79 Å². The quantitative estimate of drug-likeness (QED) is 0.775. The average molecular weight is 392 g/mol. The minimum absolute atomic E-state index is 0.00417. The fraction of sp³-hybridized carbons (Fsp3) is 0.550. The molecular weight excluding hydrogens is 362 g/mol. The number of likely N-dealkylation sites (N-methyl/N-ethyl adjacent to an activating group) is 1. The van der Waals surface area contributed by atoms with Crippen LogP contribution in [0.25, 0.3) is 0 Å². The SMILES string of the molecule is CN1C(=O)N(C=CCC2CCN(S(C)(=O)=O)CC2)C[C@]1(C)c1ccccc1. The zero-order chi connectivity index (χ0) is 19.7. The van der Waals surface area contributed by atoms with E-state index in [1.807, 2.05) is 31.4 Å². The molecule has 2 heterocycles. The van der Waals surface area contributed by atoms with E-state index in [4.69, 9.17) is 0 Å². The molecule has 148 valence electrons. The summed E-state index contributed by atoms with van der Waals surface area (Å²) in [7, 11) is -1.23. The largest absolute Gasteiger partial charge is 0.324 e. The summed E-state index contributed by atoms with van der Waals surface area (Å²) in [6, 6.07) is 10.1. The van der Waals surface area contributed by atoms with Crippen molar-refractivity contribution in [2.75, 3.05) is 32.9 Å². The van der Waals surface area contributed by atoms with Crippen molar-refractivity contribution in [2.24, 2.45) is 5.92 Å². The van der Waals surface area contributed by atoms with Crippen LogP contribution in [0.2, 0.25) is 0 Å². The second-order valence-corrected chi connectivity index (χ2v) is 9.82. The highest BCUT2D eigenvalue weighted by atomic mass is 32.2. The number of hydrogen-bond donors (Lipinski definition) is 0. The molecule has 27 heavy (non-hydrogen) atoms. The van der Waals surface area contributed by atoms with Gasteiger partial charge in [0, 0.05) is 26.3 Å². The van der Waals surface area contributed by atoms with E-state index in [1.54, 1.807) is 14.1 Å². The minimum Gasteiger partial charge on any atom is -0.316 e. The molecule has 0 unspecified atom stereocenters. The maximum absolute atomic E-state index is 12.7. The molecule has 2 aliphatic rings. The van der Waals surface area contributed by atoms with Crippen molar-refractivity contribution in [1.29, 1.82) is 0 Å². The van der Waals surface area contributed by atoms with Crippen molar-refractivity contribution in [3.8, 4) is 0 Å². The average Bonchev–Trinajstić information content (AvgIpc) is 2.87. The Morgan fingerprint density at radius 3 is 2.41 bits per heavy atom. The van der Waals surface area contributed by atoms with E-state index in [9.17, 15) is 13.2 Å². The molecule has 2 saturated heterocycles. The first-order chi connectivity index (χ1) is 12.7. The van der Waals surface area contributed by atoms with Crippen molar-refractivity contribution >= 4 is 16.1 Å². The van der Waals surface area contributed by atoms with Gasteiger partial charge in [-0.1, -0.05) is 36.4 Å². The number of amides is 2. The fourth-order valence-electron chi connectivity index (χ4n) is 3.96. The Labute approximate surface area is 162 Å². The molecule has 2 amide bonds. The molecule has 0 aromatic heterocycles. The van der Waals surface area contributed by atoms with Gasteiger partial charge in [-0.05, 0) is 37.7 Å². The molecule has 0 bridgehead atoms. The van der Waals surface area contributed by atoms with Crippen LogP contribution in [0.3, 0.4) is 0 Å². The number of carbonyl (C=O) groups is 1. The van der Waals surface area contributed by atoms with E-state index in [-0.39, 0.29) is 11.6 Å². The summed E-state index contributed by atoms with van der Waals surface area (Å²) in [4.78, 5) is 16.2. The number of sulfonamides is 1. The molecule has 0 aliphatic carbocycles. The third-order valence-corrected chi connectivity index (χ3v) is 7.25. The summed E-state index contributed by atoms with van der Waals surface area (Å²) >= 11 is 0. The molecule has 0 N–H and O–H groups in total. The van der Waals surface area contributed by atoms with Gasteiger partial charge in [-0.15, -0.1) is 0 Å². The lowest BCUT2D eigenvalue weighted by molar-refractivity contribution is 0.185. The van der Waals surface area contributed by atoms with Gasteiger partial charge in [-0.25, -0.2) is 17.5 Å². The molecule has 2 fully saturated rings. The molecule has 7 heteroatoms. The molecule has 0 radical (unpaired) electrons. The standard InChI is InChI=1S/C20H29N3O3S/c1-20(18-9-5-4-6-10-18)16-22(19(24)21(20)2)13-7-8-17-11-14-23(15-12-17)27(3,25)26/h4-7,9-10,13,17H,8,11-12,14-16H2,1-3H3/t20-/m1/s1. The third-order valence-electron chi connectivity index (χ3n) is 5.94.